The van der Waals surface area contributed by atoms with Gasteiger partial charge in [-0.3, -0.25) is 4.79 Å². The number of nitrogens with two attached hydrogens (primary N) is 1. The van der Waals surface area contributed by atoms with Crippen LogP contribution in [0.15, 0.2) is 18.2 Å². The minimum absolute atomic E-state index is 0.0917. The minimum atomic E-state index is -1.11. The molecule has 5 heteroatoms. The topological polar surface area (TPSA) is 63.3 Å². The molecule has 0 spiro atoms. The third kappa shape index (κ3) is 2.68. The molecule has 0 saturated heterocycles. The summed E-state index contributed by atoms with van der Waals surface area (Å²) in [6.45, 7) is 0. The molecule has 76 valence electrons. The maximum absolute atomic E-state index is 12.6. The molecule has 1 rings (SSSR count). The first-order valence-electron chi connectivity index (χ1n) is 3.93. The summed E-state index contributed by atoms with van der Waals surface area (Å²) in [5, 5.41) is 8.74. The van der Waals surface area contributed by atoms with Crippen molar-refractivity contribution in [3.8, 4) is 0 Å². The predicted octanol–water partition coefficient (Wildman–Crippen LogP) is 1.43. The Labute approximate surface area is 85.3 Å². The molecule has 0 bridgehead atoms. The van der Waals surface area contributed by atoms with Gasteiger partial charge in [0.2, 0.25) is 0 Å². The maximum Gasteiger partial charge on any atom is 0.320 e. The van der Waals surface area contributed by atoms with E-state index in [1.807, 2.05) is 0 Å². The molecule has 3 N–H and O–H groups in total. The Morgan fingerprint density at radius 2 is 2.29 bits per heavy atom. The van der Waals surface area contributed by atoms with Crippen molar-refractivity contribution in [1.82, 2.24) is 0 Å². The van der Waals surface area contributed by atoms with Crippen LogP contribution in [0, 0.1) is 5.82 Å². The summed E-state index contributed by atoms with van der Waals surface area (Å²) in [7, 11) is 0. The fourth-order valence-corrected chi connectivity index (χ4v) is 1.26. The molecule has 3 nitrogen and oxygen atoms in total. The predicted molar refractivity (Wildman–Crippen MR) is 50.7 cm³/mol. The summed E-state index contributed by atoms with van der Waals surface area (Å²) in [5.41, 5.74) is 5.83. The average molecular weight is 218 g/mol. The highest BCUT2D eigenvalue weighted by molar-refractivity contribution is 6.31. The minimum Gasteiger partial charge on any atom is -0.480 e. The van der Waals surface area contributed by atoms with E-state index >= 15 is 0 Å². The van der Waals surface area contributed by atoms with Crippen molar-refractivity contribution < 1.29 is 14.3 Å². The fourth-order valence-electron chi connectivity index (χ4n) is 1.01. The first-order valence-corrected chi connectivity index (χ1v) is 4.31. The second kappa shape index (κ2) is 4.39. The largest absolute Gasteiger partial charge is 0.480 e. The van der Waals surface area contributed by atoms with Gasteiger partial charge in [-0.1, -0.05) is 17.7 Å². The summed E-state index contributed by atoms with van der Waals surface area (Å²) in [6, 6.07) is 2.76. The van der Waals surface area contributed by atoms with Crippen LogP contribution in [0.5, 0.6) is 0 Å². The number of carbonyl (C=O) groups is 1. The molecule has 0 fully saturated rings. The van der Waals surface area contributed by atoms with Crippen molar-refractivity contribution >= 4 is 17.6 Å². The third-order valence-corrected chi connectivity index (χ3v) is 2.12. The normalized spacial score (nSPS) is 12.5. The van der Waals surface area contributed by atoms with Gasteiger partial charge in [-0.15, -0.1) is 0 Å². The van der Waals surface area contributed by atoms with Crippen molar-refractivity contribution in [3.63, 3.8) is 0 Å². The second-order valence-corrected chi connectivity index (χ2v) is 3.29. The van der Waals surface area contributed by atoms with E-state index in [4.69, 9.17) is 22.4 Å². The lowest BCUT2D eigenvalue weighted by Gasteiger charge is -2.07. The average Bonchev–Trinajstić information content (AvgIpc) is 2.09. The molecule has 0 aliphatic rings. The van der Waals surface area contributed by atoms with E-state index in [9.17, 15) is 9.18 Å². The van der Waals surface area contributed by atoms with Gasteiger partial charge in [0.25, 0.3) is 0 Å². The Morgan fingerprint density at radius 3 is 2.79 bits per heavy atom. The highest BCUT2D eigenvalue weighted by Crippen LogP contribution is 2.18. The maximum atomic E-state index is 12.6. The molecule has 0 aliphatic heterocycles. The van der Waals surface area contributed by atoms with Crippen molar-refractivity contribution in [2.75, 3.05) is 0 Å². The summed E-state index contributed by atoms with van der Waals surface area (Å²) in [4.78, 5) is 10.4. The molecule has 0 heterocycles. The Kier molecular flexibility index (Phi) is 3.43. The summed E-state index contributed by atoms with van der Waals surface area (Å²) < 4.78 is 12.6. The Hall–Kier alpha value is -1.13. The number of aliphatic carboxylic acids is 1. The lowest BCUT2D eigenvalue weighted by molar-refractivity contribution is -0.138. The van der Waals surface area contributed by atoms with Gasteiger partial charge in [0.1, 0.15) is 11.9 Å². The molecular formula is C9H9ClFNO2. The van der Waals surface area contributed by atoms with Gasteiger partial charge in [-0.05, 0) is 24.1 Å². The SMILES string of the molecule is N[C@@H](Cc1ccc(F)cc1Cl)C(=O)O. The first-order chi connectivity index (χ1) is 6.50. The van der Waals surface area contributed by atoms with Crippen LogP contribution in [0.25, 0.3) is 0 Å². The van der Waals surface area contributed by atoms with Crippen molar-refractivity contribution in [2.24, 2.45) is 5.73 Å². The van der Waals surface area contributed by atoms with Crippen LogP contribution in [-0.4, -0.2) is 17.1 Å². The fraction of sp³-hybridized carbons (Fsp3) is 0.222. The number of carboxylic acid groups (broad SMARTS) is 1. The molecule has 14 heavy (non-hydrogen) atoms. The third-order valence-electron chi connectivity index (χ3n) is 1.77. The number of benzene rings is 1. The van der Waals surface area contributed by atoms with E-state index < -0.39 is 17.8 Å². The zero-order valence-corrected chi connectivity index (χ0v) is 7.96. The van der Waals surface area contributed by atoms with Crippen molar-refractivity contribution in [1.29, 1.82) is 0 Å². The monoisotopic (exact) mass is 217 g/mol. The Bertz CT molecular complexity index is 357. The van der Waals surface area contributed by atoms with E-state index in [2.05, 4.69) is 0 Å². The molecule has 1 aromatic carbocycles. The molecule has 1 atom stereocenters. The van der Waals surface area contributed by atoms with Gasteiger partial charge in [-0.25, -0.2) is 4.39 Å². The van der Waals surface area contributed by atoms with Gasteiger partial charge in [0.05, 0.1) is 0 Å². The zero-order chi connectivity index (χ0) is 10.7. The second-order valence-electron chi connectivity index (χ2n) is 2.88. The van der Waals surface area contributed by atoms with Gasteiger partial charge in [-0.2, -0.15) is 0 Å². The highest BCUT2D eigenvalue weighted by atomic mass is 35.5. The molecular weight excluding hydrogens is 209 g/mol. The molecule has 0 unspecified atom stereocenters. The Balaban J connectivity index is 2.82. The summed E-state index contributed by atoms with van der Waals surface area (Å²) in [5.74, 6) is -1.56. The van der Waals surface area contributed by atoms with Crippen LogP contribution in [0.1, 0.15) is 5.56 Å². The summed E-state index contributed by atoms with van der Waals surface area (Å²) >= 11 is 5.69. The lowest BCUT2D eigenvalue weighted by Crippen LogP contribution is -2.32. The molecule has 0 aromatic heterocycles. The van der Waals surface area contributed by atoms with E-state index in [1.54, 1.807) is 0 Å². The standard InChI is InChI=1S/C9H9ClFNO2/c10-7-4-6(11)2-1-5(7)3-8(12)9(13)14/h1-2,4,8H,3,12H2,(H,13,14)/t8-/m0/s1. The smallest absolute Gasteiger partial charge is 0.320 e. The number of rotatable bonds is 3. The van der Waals surface area contributed by atoms with Gasteiger partial charge >= 0.3 is 5.97 Å². The number of hydrogen-bond donors (Lipinski definition) is 2. The van der Waals surface area contributed by atoms with Crippen molar-refractivity contribution in [3.05, 3.63) is 34.6 Å². The van der Waals surface area contributed by atoms with Gasteiger partial charge in [0, 0.05) is 5.02 Å². The highest BCUT2D eigenvalue weighted by Gasteiger charge is 2.14. The molecule has 0 saturated carbocycles. The van der Waals surface area contributed by atoms with E-state index in [1.165, 1.54) is 12.1 Å². The van der Waals surface area contributed by atoms with E-state index in [0.717, 1.165) is 6.07 Å². The quantitative estimate of drug-likeness (QED) is 0.805. The first kappa shape index (κ1) is 10.9. The number of halogens is 2. The van der Waals surface area contributed by atoms with Crippen LogP contribution in [0.3, 0.4) is 0 Å². The molecule has 0 amide bonds. The molecule has 0 aliphatic carbocycles. The van der Waals surface area contributed by atoms with Crippen LogP contribution in [0.4, 0.5) is 4.39 Å². The zero-order valence-electron chi connectivity index (χ0n) is 7.21. The van der Waals surface area contributed by atoms with Crippen LogP contribution in [0.2, 0.25) is 5.02 Å². The number of hydrogen-bond acceptors (Lipinski definition) is 2. The number of carboxylic acids is 1. The van der Waals surface area contributed by atoms with Gasteiger partial charge in [0.15, 0.2) is 0 Å². The van der Waals surface area contributed by atoms with E-state index in [-0.39, 0.29) is 11.4 Å². The summed E-state index contributed by atoms with van der Waals surface area (Å²) in [6.07, 6.45) is 0.0917. The Morgan fingerprint density at radius 1 is 1.64 bits per heavy atom. The van der Waals surface area contributed by atoms with Crippen LogP contribution >= 0.6 is 11.6 Å². The molecule has 0 radical (unpaired) electrons. The van der Waals surface area contributed by atoms with Crippen molar-refractivity contribution in [2.45, 2.75) is 12.5 Å². The van der Waals surface area contributed by atoms with Gasteiger partial charge < -0.3 is 10.8 Å². The lowest BCUT2D eigenvalue weighted by atomic mass is 10.1. The van der Waals surface area contributed by atoms with E-state index in [0.29, 0.717) is 5.56 Å². The molecule has 1 aromatic rings. The van der Waals surface area contributed by atoms with Crippen LogP contribution in [-0.2, 0) is 11.2 Å². The van der Waals surface area contributed by atoms with Crippen LogP contribution < -0.4 is 5.73 Å².